The summed E-state index contributed by atoms with van der Waals surface area (Å²) in [5, 5.41) is 4.36. The second kappa shape index (κ2) is 9.02. The Morgan fingerprint density at radius 1 is 0.756 bits per heavy atom. The van der Waals surface area contributed by atoms with Crippen LogP contribution in [0.25, 0.3) is 55.0 Å². The van der Waals surface area contributed by atoms with Crippen LogP contribution in [0.15, 0.2) is 89.9 Å². The minimum atomic E-state index is -0.221. The maximum Gasteiger partial charge on any atom is 0.267 e. The number of benzene rings is 4. The molecule has 3 heterocycles. The summed E-state index contributed by atoms with van der Waals surface area (Å²) in [6, 6.07) is 32.1. The second-order valence-corrected chi connectivity index (χ2v) is 14.7. The van der Waals surface area contributed by atoms with Crippen molar-refractivity contribution in [1.29, 1.82) is 0 Å². The normalized spacial score (nSPS) is 17.0. The number of para-hydroxylation sites is 1. The molecule has 1 radical (unpaired) electrons. The van der Waals surface area contributed by atoms with Crippen molar-refractivity contribution < 1.29 is 20.1 Å². The van der Waals surface area contributed by atoms with Gasteiger partial charge in [0.2, 0.25) is 0 Å². The molecule has 0 saturated heterocycles. The Labute approximate surface area is 276 Å². The van der Waals surface area contributed by atoms with Crippen LogP contribution in [-0.4, -0.2) is 14.0 Å². The number of hydrogen-bond donors (Lipinski definition) is 0. The van der Waals surface area contributed by atoms with Crippen LogP contribution >= 0.6 is 0 Å². The summed E-state index contributed by atoms with van der Waals surface area (Å²) in [7, 11) is 0. The monoisotopic (exact) mass is 765 g/mol. The van der Waals surface area contributed by atoms with Crippen molar-refractivity contribution in [2.45, 2.75) is 64.2 Å². The van der Waals surface area contributed by atoms with Gasteiger partial charge in [0.1, 0.15) is 0 Å². The fourth-order valence-corrected chi connectivity index (χ4v) is 9.03. The first-order chi connectivity index (χ1) is 21.0. The second-order valence-electron chi connectivity index (χ2n) is 14.7. The smallest absolute Gasteiger partial charge is 0.267 e. The zero-order valence-corrected chi connectivity index (χ0v) is 28.8. The average molecular weight is 765 g/mol. The summed E-state index contributed by atoms with van der Waals surface area (Å²) in [6.45, 7) is 13.5. The van der Waals surface area contributed by atoms with E-state index in [1.54, 1.807) is 0 Å². The first-order valence-corrected chi connectivity index (χ1v) is 15.6. The average Bonchev–Trinajstić information content (AvgIpc) is 3.51. The first-order valence-electron chi connectivity index (χ1n) is 15.6. The minimum Gasteiger partial charge on any atom is -0.345 e. The molecule has 7 aromatic rings. The van der Waals surface area contributed by atoms with Crippen molar-refractivity contribution in [2.75, 3.05) is 0 Å². The maximum atomic E-state index is 13.7. The van der Waals surface area contributed by atoms with Crippen LogP contribution in [-0.2, 0) is 36.4 Å². The third-order valence-corrected chi connectivity index (χ3v) is 10.6. The van der Waals surface area contributed by atoms with Crippen molar-refractivity contribution in [3.8, 4) is 16.8 Å². The zero-order chi connectivity index (χ0) is 30.3. The molecular weight excluding hydrogens is 731 g/mol. The van der Waals surface area contributed by atoms with Gasteiger partial charge in [-0.3, -0.25) is 4.79 Å². The van der Waals surface area contributed by atoms with E-state index in [1.807, 2.05) is 6.07 Å². The van der Waals surface area contributed by atoms with Crippen molar-refractivity contribution in [3.05, 3.63) is 124 Å². The maximum absolute atomic E-state index is 13.7. The van der Waals surface area contributed by atoms with Gasteiger partial charge in [0.05, 0.1) is 16.7 Å². The van der Waals surface area contributed by atoms with Crippen LogP contribution in [0.4, 0.5) is 0 Å². The van der Waals surface area contributed by atoms with E-state index in [2.05, 4.69) is 136 Å². The standard InChI is InChI=1S/C40H34N3O.Ir/c1-38(2)22-39(3,4)35-34(38)37(44)41-36-26-14-11-17-32(25(26)18-19-42(35)36)43-31-16-10-8-13-24(31)28-20-27-23-12-7-9-15-29(23)40(5,6)30(27)21-33(28)43;/h7-13,15-21H,22H2,1-6H3;/q-1;. The molecule has 4 nitrogen and oxygen atoms in total. The van der Waals surface area contributed by atoms with Gasteiger partial charge in [0, 0.05) is 53.0 Å². The molecule has 0 spiro atoms. The molecule has 0 N–H and O–H groups in total. The van der Waals surface area contributed by atoms with Crippen LogP contribution in [0.1, 0.15) is 70.3 Å². The van der Waals surface area contributed by atoms with Crippen LogP contribution in [0, 0.1) is 6.07 Å². The summed E-state index contributed by atoms with van der Waals surface area (Å²) in [4.78, 5) is 18.4. The predicted octanol–water partition coefficient (Wildman–Crippen LogP) is 9.01. The third kappa shape index (κ3) is 3.57. The Kier molecular flexibility index (Phi) is 5.70. The molecule has 4 aromatic carbocycles. The molecule has 3 aromatic heterocycles. The molecule has 0 amide bonds. The molecule has 0 bridgehead atoms. The molecule has 2 aliphatic carbocycles. The zero-order valence-electron chi connectivity index (χ0n) is 26.4. The van der Waals surface area contributed by atoms with Gasteiger partial charge in [-0.15, -0.1) is 18.2 Å². The van der Waals surface area contributed by atoms with E-state index < -0.39 is 0 Å². The molecule has 5 heteroatoms. The van der Waals surface area contributed by atoms with Gasteiger partial charge in [0.25, 0.3) is 5.56 Å². The number of pyridine rings is 1. The van der Waals surface area contributed by atoms with E-state index in [4.69, 9.17) is 4.98 Å². The van der Waals surface area contributed by atoms with Crippen molar-refractivity contribution >= 4 is 38.2 Å². The van der Waals surface area contributed by atoms with Gasteiger partial charge in [-0.1, -0.05) is 101 Å². The van der Waals surface area contributed by atoms with Crippen LogP contribution in [0.3, 0.4) is 0 Å². The number of nitrogens with zero attached hydrogens (tertiary/aromatic N) is 3. The summed E-state index contributed by atoms with van der Waals surface area (Å²) in [5.41, 5.74) is 10.8. The number of aromatic nitrogens is 3. The number of hydrogen-bond acceptors (Lipinski definition) is 2. The van der Waals surface area contributed by atoms with Gasteiger partial charge in [-0.2, -0.15) is 0 Å². The van der Waals surface area contributed by atoms with Gasteiger partial charge in [-0.05, 0) is 64.2 Å². The molecule has 9 rings (SSSR count). The first kappa shape index (κ1) is 28.4. The topological polar surface area (TPSA) is 39.3 Å². The molecule has 225 valence electrons. The van der Waals surface area contributed by atoms with Gasteiger partial charge >= 0.3 is 0 Å². The Bertz CT molecular complexity index is 2480. The molecular formula is C40H34IrN3O-. The molecule has 0 unspecified atom stereocenters. The van der Waals surface area contributed by atoms with Crippen molar-refractivity contribution in [2.24, 2.45) is 0 Å². The summed E-state index contributed by atoms with van der Waals surface area (Å²) in [5.74, 6) is 0. The van der Waals surface area contributed by atoms with E-state index in [9.17, 15) is 4.79 Å². The molecule has 0 atom stereocenters. The minimum absolute atomic E-state index is 0. The van der Waals surface area contributed by atoms with Gasteiger partial charge < -0.3 is 8.97 Å². The van der Waals surface area contributed by atoms with Crippen molar-refractivity contribution in [3.63, 3.8) is 0 Å². The van der Waals surface area contributed by atoms with Gasteiger partial charge in [-0.25, -0.2) is 4.98 Å². The molecule has 0 aliphatic heterocycles. The molecule has 45 heavy (non-hydrogen) atoms. The quantitative estimate of drug-likeness (QED) is 0.124. The van der Waals surface area contributed by atoms with Crippen LogP contribution < -0.4 is 5.56 Å². The third-order valence-electron chi connectivity index (χ3n) is 10.6. The Morgan fingerprint density at radius 2 is 1.51 bits per heavy atom. The number of rotatable bonds is 1. The SMILES string of the molecule is CC1(C)CC(C)(C)c2c1c(=O)nc1c3[c-]ccc(-n4c5ccccc5c5cc6c(cc54)C(C)(C)c4ccccc4-6)c3ccn21.[Ir]. The predicted molar refractivity (Wildman–Crippen MR) is 180 cm³/mol. The van der Waals surface area contributed by atoms with Crippen molar-refractivity contribution in [1.82, 2.24) is 14.0 Å². The Hall–Kier alpha value is -4.05. The summed E-state index contributed by atoms with van der Waals surface area (Å²) >= 11 is 0. The molecule has 0 saturated carbocycles. The Morgan fingerprint density at radius 3 is 2.33 bits per heavy atom. The van der Waals surface area contributed by atoms with E-state index >= 15 is 0 Å². The summed E-state index contributed by atoms with van der Waals surface area (Å²) < 4.78 is 4.56. The van der Waals surface area contributed by atoms with Crippen LogP contribution in [0.5, 0.6) is 0 Å². The summed E-state index contributed by atoms with van der Waals surface area (Å²) in [6.07, 6.45) is 3.03. The van der Waals surface area contributed by atoms with Crippen LogP contribution in [0.2, 0.25) is 0 Å². The Balaban J connectivity index is 0.00000300. The van der Waals surface area contributed by atoms with E-state index in [1.165, 1.54) is 38.5 Å². The number of fused-ring (bicyclic) bond motifs is 11. The van der Waals surface area contributed by atoms with E-state index in [-0.39, 0.29) is 41.9 Å². The largest absolute Gasteiger partial charge is 0.345 e. The fraction of sp³-hybridized carbons (Fsp3) is 0.250. The van der Waals surface area contributed by atoms with Gasteiger partial charge in [0.15, 0.2) is 0 Å². The molecule has 0 fully saturated rings. The molecule has 2 aliphatic rings. The fourth-order valence-electron chi connectivity index (χ4n) is 9.03. The van der Waals surface area contributed by atoms with E-state index in [0.29, 0.717) is 5.65 Å². The van der Waals surface area contributed by atoms with E-state index in [0.717, 1.165) is 39.7 Å².